The number of rotatable bonds is 2. The molecule has 4 heteroatoms. The van der Waals surface area contributed by atoms with Crippen LogP contribution in [0.3, 0.4) is 0 Å². The highest BCUT2D eigenvalue weighted by molar-refractivity contribution is 5.57. The lowest BCUT2D eigenvalue weighted by Gasteiger charge is -2.10. The second-order valence-electron chi connectivity index (χ2n) is 4.31. The van der Waals surface area contributed by atoms with Crippen molar-refractivity contribution >= 4 is 11.8 Å². The molecule has 0 saturated carbocycles. The van der Waals surface area contributed by atoms with Gasteiger partial charge in [0.1, 0.15) is 0 Å². The molecule has 1 aliphatic rings. The van der Waals surface area contributed by atoms with Crippen molar-refractivity contribution in [1.29, 1.82) is 0 Å². The molecule has 1 heterocycles. The molecule has 0 amide bonds. The van der Waals surface area contributed by atoms with Crippen LogP contribution < -0.4 is 0 Å². The first-order valence-electron chi connectivity index (χ1n) is 5.87. The Kier molecular flexibility index (Phi) is 2.48. The van der Waals surface area contributed by atoms with E-state index in [9.17, 15) is 10.1 Å². The van der Waals surface area contributed by atoms with E-state index in [0.29, 0.717) is 0 Å². The van der Waals surface area contributed by atoms with Crippen LogP contribution in [0.1, 0.15) is 17.7 Å². The monoisotopic (exact) mass is 240 g/mol. The van der Waals surface area contributed by atoms with Crippen molar-refractivity contribution in [3.05, 3.63) is 64.0 Å². The summed E-state index contributed by atoms with van der Waals surface area (Å²) in [4.78, 5) is 10.2. The van der Waals surface area contributed by atoms with Crippen LogP contribution in [0.2, 0.25) is 0 Å². The van der Waals surface area contributed by atoms with E-state index in [1.807, 2.05) is 6.20 Å². The number of fused-ring (bicyclic) bond motifs is 1. The number of nitro groups is 1. The summed E-state index contributed by atoms with van der Waals surface area (Å²) in [6.07, 6.45) is 8.43. The zero-order valence-corrected chi connectivity index (χ0v) is 9.74. The largest absolute Gasteiger partial charge is 0.317 e. The highest BCUT2D eigenvalue weighted by atomic mass is 16.6. The highest BCUT2D eigenvalue weighted by Crippen LogP contribution is 2.24. The number of hydrogen-bond acceptors (Lipinski definition) is 2. The summed E-state index contributed by atoms with van der Waals surface area (Å²) < 4.78 is 2.06. The maximum Gasteiger partial charge on any atom is 0.269 e. The smallest absolute Gasteiger partial charge is 0.269 e. The molecule has 4 nitrogen and oxygen atoms in total. The van der Waals surface area contributed by atoms with Crippen LogP contribution >= 0.6 is 0 Å². The molecule has 90 valence electrons. The SMILES string of the molecule is O=[N+]([O-])c1ccc(-n2ccc3c2C=CCC3)cc1. The third-order valence-electron chi connectivity index (χ3n) is 3.21. The van der Waals surface area contributed by atoms with Gasteiger partial charge in [0.2, 0.25) is 0 Å². The molecule has 0 bridgehead atoms. The van der Waals surface area contributed by atoms with Crippen LogP contribution in [-0.4, -0.2) is 9.49 Å². The number of benzene rings is 1. The van der Waals surface area contributed by atoms with Gasteiger partial charge in [-0.3, -0.25) is 10.1 Å². The molecule has 2 aromatic rings. The van der Waals surface area contributed by atoms with Gasteiger partial charge in [0, 0.05) is 29.7 Å². The minimum absolute atomic E-state index is 0.121. The van der Waals surface area contributed by atoms with Crippen molar-refractivity contribution in [3.8, 4) is 5.69 Å². The Bertz CT molecular complexity index is 624. The minimum atomic E-state index is -0.380. The van der Waals surface area contributed by atoms with Gasteiger partial charge >= 0.3 is 0 Å². The van der Waals surface area contributed by atoms with Gasteiger partial charge in [-0.25, -0.2) is 0 Å². The van der Waals surface area contributed by atoms with E-state index in [4.69, 9.17) is 0 Å². The first-order chi connectivity index (χ1) is 8.75. The molecule has 0 spiro atoms. The molecule has 0 unspecified atom stereocenters. The van der Waals surface area contributed by atoms with Gasteiger partial charge in [-0.15, -0.1) is 0 Å². The summed E-state index contributed by atoms with van der Waals surface area (Å²) >= 11 is 0. The van der Waals surface area contributed by atoms with Crippen LogP contribution in [0, 0.1) is 10.1 Å². The molecule has 3 rings (SSSR count). The molecule has 0 saturated heterocycles. The van der Waals surface area contributed by atoms with Crippen molar-refractivity contribution in [2.24, 2.45) is 0 Å². The lowest BCUT2D eigenvalue weighted by molar-refractivity contribution is -0.384. The van der Waals surface area contributed by atoms with E-state index in [0.717, 1.165) is 18.5 Å². The molecule has 0 atom stereocenters. The minimum Gasteiger partial charge on any atom is -0.317 e. The fraction of sp³-hybridized carbons (Fsp3) is 0.143. The number of aromatic nitrogens is 1. The van der Waals surface area contributed by atoms with Crippen molar-refractivity contribution in [2.45, 2.75) is 12.8 Å². The topological polar surface area (TPSA) is 48.1 Å². The first kappa shape index (κ1) is 10.8. The molecule has 0 fully saturated rings. The number of nitro benzene ring substituents is 1. The number of hydrogen-bond donors (Lipinski definition) is 0. The quantitative estimate of drug-likeness (QED) is 0.597. The maximum atomic E-state index is 10.6. The van der Waals surface area contributed by atoms with Gasteiger partial charge in [0.05, 0.1) is 4.92 Å². The zero-order chi connectivity index (χ0) is 12.5. The van der Waals surface area contributed by atoms with Gasteiger partial charge in [0.25, 0.3) is 5.69 Å². The Morgan fingerprint density at radius 2 is 1.94 bits per heavy atom. The zero-order valence-electron chi connectivity index (χ0n) is 9.74. The molecule has 1 aromatic carbocycles. The lowest BCUT2D eigenvalue weighted by atomic mass is 10.0. The molecular formula is C14H12N2O2. The van der Waals surface area contributed by atoms with Crippen LogP contribution in [0.15, 0.2) is 42.6 Å². The lowest BCUT2D eigenvalue weighted by Crippen LogP contribution is -1.99. The standard InChI is InChI=1S/C14H12N2O2/c17-16(18)13-7-5-12(6-8-13)15-10-9-11-3-1-2-4-14(11)15/h2,4-10H,1,3H2. The van der Waals surface area contributed by atoms with Gasteiger partial charge in [-0.05, 0) is 42.7 Å². The molecule has 0 N–H and O–H groups in total. The normalized spacial score (nSPS) is 13.3. The molecule has 1 aromatic heterocycles. The van der Waals surface area contributed by atoms with Gasteiger partial charge in [-0.2, -0.15) is 0 Å². The first-order valence-corrected chi connectivity index (χ1v) is 5.87. The summed E-state index contributed by atoms with van der Waals surface area (Å²) in [5.41, 5.74) is 3.58. The second kappa shape index (κ2) is 4.14. The van der Waals surface area contributed by atoms with E-state index in [-0.39, 0.29) is 10.6 Å². The predicted octanol–water partition coefficient (Wildman–Crippen LogP) is 3.34. The Labute approximate surface area is 104 Å². The number of aryl methyl sites for hydroxylation is 1. The summed E-state index contributed by atoms with van der Waals surface area (Å²) in [5, 5.41) is 10.6. The fourth-order valence-electron chi connectivity index (χ4n) is 2.28. The third-order valence-corrected chi connectivity index (χ3v) is 3.21. The van der Waals surface area contributed by atoms with Crippen molar-refractivity contribution in [2.75, 3.05) is 0 Å². The average Bonchev–Trinajstić information content (AvgIpc) is 2.82. The molecule has 1 aliphatic carbocycles. The Hall–Kier alpha value is -2.36. The van der Waals surface area contributed by atoms with E-state index < -0.39 is 0 Å². The fourth-order valence-corrected chi connectivity index (χ4v) is 2.28. The molecule has 0 radical (unpaired) electrons. The number of allylic oxidation sites excluding steroid dienone is 1. The second-order valence-corrected chi connectivity index (χ2v) is 4.31. The molecule has 0 aliphatic heterocycles. The van der Waals surface area contributed by atoms with Crippen molar-refractivity contribution in [3.63, 3.8) is 0 Å². The van der Waals surface area contributed by atoms with E-state index >= 15 is 0 Å². The third kappa shape index (κ3) is 1.72. The number of non-ortho nitro benzene ring substituents is 1. The highest BCUT2D eigenvalue weighted by Gasteiger charge is 2.11. The summed E-state index contributed by atoms with van der Waals surface area (Å²) in [6, 6.07) is 8.74. The number of nitrogens with zero attached hydrogens (tertiary/aromatic N) is 2. The predicted molar refractivity (Wildman–Crippen MR) is 69.8 cm³/mol. The van der Waals surface area contributed by atoms with Crippen LogP contribution in [-0.2, 0) is 6.42 Å². The van der Waals surface area contributed by atoms with Crippen molar-refractivity contribution in [1.82, 2.24) is 4.57 Å². The van der Waals surface area contributed by atoms with E-state index in [1.54, 1.807) is 12.1 Å². The summed E-state index contributed by atoms with van der Waals surface area (Å²) in [5.74, 6) is 0. The Morgan fingerprint density at radius 3 is 2.67 bits per heavy atom. The molecule has 18 heavy (non-hydrogen) atoms. The van der Waals surface area contributed by atoms with E-state index in [2.05, 4.69) is 22.8 Å². The van der Waals surface area contributed by atoms with Crippen LogP contribution in [0.25, 0.3) is 11.8 Å². The Morgan fingerprint density at radius 1 is 1.17 bits per heavy atom. The summed E-state index contributed by atoms with van der Waals surface area (Å²) in [7, 11) is 0. The van der Waals surface area contributed by atoms with Gasteiger partial charge < -0.3 is 4.57 Å². The van der Waals surface area contributed by atoms with Gasteiger partial charge in [-0.1, -0.05) is 6.08 Å². The average molecular weight is 240 g/mol. The van der Waals surface area contributed by atoms with Crippen LogP contribution in [0.5, 0.6) is 0 Å². The molecular weight excluding hydrogens is 228 g/mol. The van der Waals surface area contributed by atoms with E-state index in [1.165, 1.54) is 23.4 Å². The van der Waals surface area contributed by atoms with Crippen molar-refractivity contribution < 1.29 is 4.92 Å². The Balaban J connectivity index is 2.03. The maximum absolute atomic E-state index is 10.6. The van der Waals surface area contributed by atoms with Crippen LogP contribution in [0.4, 0.5) is 5.69 Å². The van der Waals surface area contributed by atoms with Gasteiger partial charge in [0.15, 0.2) is 0 Å². The summed E-state index contributed by atoms with van der Waals surface area (Å²) in [6.45, 7) is 0.